The minimum absolute atomic E-state index is 0.645. The molecule has 2 aromatic carbocycles. The monoisotopic (exact) mass is 252 g/mol. The normalized spacial score (nSPS) is 11.1. The van der Waals surface area contributed by atoms with Crippen LogP contribution in [0.1, 0.15) is 18.1 Å². The van der Waals surface area contributed by atoms with Crippen molar-refractivity contribution in [3.8, 4) is 11.5 Å². The summed E-state index contributed by atoms with van der Waals surface area (Å²) in [7, 11) is 0. The third kappa shape index (κ3) is 2.08. The van der Waals surface area contributed by atoms with Gasteiger partial charge in [0.05, 0.1) is 0 Å². The highest BCUT2D eigenvalue weighted by atomic mass is 16.3. The number of fused-ring (bicyclic) bond motifs is 1. The van der Waals surface area contributed by atoms with E-state index in [0.29, 0.717) is 11.6 Å². The highest BCUT2D eigenvalue weighted by Crippen LogP contribution is 2.28. The molecule has 0 spiro atoms. The molecule has 19 heavy (non-hydrogen) atoms. The number of hydrogen-bond donors (Lipinski definition) is 1. The maximum atomic E-state index is 5.85. The molecule has 2 N–H and O–H groups in total. The summed E-state index contributed by atoms with van der Waals surface area (Å²) in [5.41, 5.74) is 11.5. The van der Waals surface area contributed by atoms with Crippen molar-refractivity contribution in [1.29, 1.82) is 0 Å². The third-order valence-electron chi connectivity index (χ3n) is 3.31. The van der Waals surface area contributed by atoms with Crippen molar-refractivity contribution in [2.24, 2.45) is 0 Å². The van der Waals surface area contributed by atoms with Crippen LogP contribution < -0.4 is 5.73 Å². The number of aryl methyl sites for hydroxylation is 2. The standard InChI is InChI=1S/C16H16N2O/c1-3-11-4-6-12(7-5-11)16-18-14-9-13(17)8-10(2)15(14)19-16/h4-9H,3,17H2,1-2H3. The van der Waals surface area contributed by atoms with Crippen LogP contribution in [0.5, 0.6) is 0 Å². The number of aromatic nitrogens is 1. The number of hydrogen-bond acceptors (Lipinski definition) is 3. The summed E-state index contributed by atoms with van der Waals surface area (Å²) in [6, 6.07) is 12.0. The quantitative estimate of drug-likeness (QED) is 0.702. The molecule has 0 fully saturated rings. The lowest BCUT2D eigenvalue weighted by Crippen LogP contribution is -1.85. The van der Waals surface area contributed by atoms with Crippen LogP contribution in [0.15, 0.2) is 40.8 Å². The number of rotatable bonds is 2. The van der Waals surface area contributed by atoms with Gasteiger partial charge in [-0.1, -0.05) is 19.1 Å². The van der Waals surface area contributed by atoms with E-state index < -0.39 is 0 Å². The van der Waals surface area contributed by atoms with Gasteiger partial charge in [0, 0.05) is 11.3 Å². The van der Waals surface area contributed by atoms with Gasteiger partial charge in [-0.3, -0.25) is 0 Å². The predicted molar refractivity (Wildman–Crippen MR) is 78.0 cm³/mol. The number of nitrogen functional groups attached to an aromatic ring is 1. The zero-order chi connectivity index (χ0) is 13.4. The van der Waals surface area contributed by atoms with E-state index in [0.717, 1.165) is 28.6 Å². The molecule has 1 heterocycles. The summed E-state index contributed by atoms with van der Waals surface area (Å²) in [6.07, 6.45) is 1.03. The Labute approximate surface area is 112 Å². The fraction of sp³-hybridized carbons (Fsp3) is 0.188. The maximum absolute atomic E-state index is 5.85. The largest absolute Gasteiger partial charge is 0.436 e. The Kier molecular flexibility index (Phi) is 2.75. The van der Waals surface area contributed by atoms with Crippen LogP contribution in [-0.4, -0.2) is 4.98 Å². The summed E-state index contributed by atoms with van der Waals surface area (Å²) in [4.78, 5) is 4.51. The van der Waals surface area contributed by atoms with Gasteiger partial charge >= 0.3 is 0 Å². The molecule has 96 valence electrons. The van der Waals surface area contributed by atoms with E-state index in [-0.39, 0.29) is 0 Å². The Morgan fingerprint density at radius 3 is 2.58 bits per heavy atom. The average Bonchev–Trinajstić information content (AvgIpc) is 2.83. The zero-order valence-corrected chi connectivity index (χ0v) is 11.1. The van der Waals surface area contributed by atoms with Gasteiger partial charge in [0.2, 0.25) is 5.89 Å². The number of anilines is 1. The number of nitrogens with two attached hydrogens (primary N) is 1. The molecule has 3 aromatic rings. The van der Waals surface area contributed by atoms with Crippen molar-refractivity contribution in [3.05, 3.63) is 47.5 Å². The van der Waals surface area contributed by atoms with Crippen LogP contribution in [0.3, 0.4) is 0 Å². The Hall–Kier alpha value is -2.29. The second-order valence-electron chi connectivity index (χ2n) is 4.76. The first kappa shape index (κ1) is 11.8. The lowest BCUT2D eigenvalue weighted by Gasteiger charge is -1.98. The molecule has 3 nitrogen and oxygen atoms in total. The molecule has 0 radical (unpaired) electrons. The highest BCUT2D eigenvalue weighted by Gasteiger charge is 2.10. The van der Waals surface area contributed by atoms with Crippen LogP contribution >= 0.6 is 0 Å². The van der Waals surface area contributed by atoms with Crippen LogP contribution in [0, 0.1) is 6.92 Å². The van der Waals surface area contributed by atoms with Gasteiger partial charge in [-0.15, -0.1) is 0 Å². The third-order valence-corrected chi connectivity index (χ3v) is 3.31. The summed E-state index contributed by atoms with van der Waals surface area (Å²) < 4.78 is 5.85. The first-order chi connectivity index (χ1) is 9.17. The topological polar surface area (TPSA) is 52.0 Å². The molecule has 0 amide bonds. The summed E-state index contributed by atoms with van der Waals surface area (Å²) in [6.45, 7) is 4.12. The molecule has 1 aromatic heterocycles. The van der Waals surface area contributed by atoms with E-state index in [9.17, 15) is 0 Å². The minimum atomic E-state index is 0.645. The van der Waals surface area contributed by atoms with E-state index in [1.54, 1.807) is 0 Å². The lowest BCUT2D eigenvalue weighted by atomic mass is 10.1. The summed E-state index contributed by atoms with van der Waals surface area (Å²) in [5, 5.41) is 0. The highest BCUT2D eigenvalue weighted by molar-refractivity contribution is 5.82. The molecule has 0 saturated carbocycles. The number of benzene rings is 2. The van der Waals surface area contributed by atoms with E-state index in [1.807, 2.05) is 31.2 Å². The van der Waals surface area contributed by atoms with E-state index >= 15 is 0 Å². The second kappa shape index (κ2) is 4.43. The van der Waals surface area contributed by atoms with Crippen molar-refractivity contribution in [1.82, 2.24) is 4.98 Å². The van der Waals surface area contributed by atoms with Crippen molar-refractivity contribution >= 4 is 16.8 Å². The van der Waals surface area contributed by atoms with Crippen molar-refractivity contribution in [3.63, 3.8) is 0 Å². The van der Waals surface area contributed by atoms with Gasteiger partial charge in [-0.05, 0) is 48.7 Å². The van der Waals surface area contributed by atoms with Gasteiger partial charge < -0.3 is 10.2 Å². The van der Waals surface area contributed by atoms with Crippen molar-refractivity contribution in [2.75, 3.05) is 5.73 Å². The summed E-state index contributed by atoms with van der Waals surface area (Å²) >= 11 is 0. The zero-order valence-electron chi connectivity index (χ0n) is 11.1. The Bertz CT molecular complexity index is 726. The fourth-order valence-electron chi connectivity index (χ4n) is 2.23. The van der Waals surface area contributed by atoms with E-state index in [2.05, 4.69) is 24.0 Å². The number of oxazole rings is 1. The molecule has 0 atom stereocenters. The number of nitrogens with zero attached hydrogens (tertiary/aromatic N) is 1. The molecule has 0 aliphatic carbocycles. The molecule has 0 aliphatic rings. The van der Waals surface area contributed by atoms with Gasteiger partial charge in [0.1, 0.15) is 5.52 Å². The van der Waals surface area contributed by atoms with E-state index in [1.165, 1.54) is 5.56 Å². The molecule has 0 bridgehead atoms. The molecular weight excluding hydrogens is 236 g/mol. The molecule has 3 rings (SSSR count). The smallest absolute Gasteiger partial charge is 0.227 e. The predicted octanol–water partition coefficient (Wildman–Crippen LogP) is 3.95. The van der Waals surface area contributed by atoms with Crippen molar-refractivity contribution in [2.45, 2.75) is 20.3 Å². The molecular formula is C16H16N2O. The SMILES string of the molecule is CCc1ccc(-c2nc3cc(N)cc(C)c3o2)cc1. The van der Waals surface area contributed by atoms with Crippen LogP contribution in [0.2, 0.25) is 0 Å². The maximum Gasteiger partial charge on any atom is 0.227 e. The Balaban J connectivity index is 2.12. The van der Waals surface area contributed by atoms with Crippen LogP contribution in [0.25, 0.3) is 22.6 Å². The van der Waals surface area contributed by atoms with Gasteiger partial charge in [-0.2, -0.15) is 0 Å². The molecule has 0 saturated heterocycles. The first-order valence-electron chi connectivity index (χ1n) is 6.43. The minimum Gasteiger partial charge on any atom is -0.436 e. The van der Waals surface area contributed by atoms with Gasteiger partial charge in [0.15, 0.2) is 5.58 Å². The van der Waals surface area contributed by atoms with E-state index in [4.69, 9.17) is 10.2 Å². The lowest BCUT2D eigenvalue weighted by molar-refractivity contribution is 0.617. The second-order valence-corrected chi connectivity index (χ2v) is 4.76. The Morgan fingerprint density at radius 2 is 1.89 bits per heavy atom. The average molecular weight is 252 g/mol. The first-order valence-corrected chi connectivity index (χ1v) is 6.43. The molecule has 0 aliphatic heterocycles. The molecule has 3 heteroatoms. The Morgan fingerprint density at radius 1 is 1.16 bits per heavy atom. The van der Waals surface area contributed by atoms with Crippen LogP contribution in [0.4, 0.5) is 5.69 Å². The summed E-state index contributed by atoms with van der Waals surface area (Å²) in [5.74, 6) is 0.645. The van der Waals surface area contributed by atoms with Crippen LogP contribution in [-0.2, 0) is 6.42 Å². The van der Waals surface area contributed by atoms with Gasteiger partial charge in [-0.25, -0.2) is 4.98 Å². The fourth-order valence-corrected chi connectivity index (χ4v) is 2.23. The molecule has 0 unspecified atom stereocenters. The van der Waals surface area contributed by atoms with Crippen molar-refractivity contribution < 1.29 is 4.42 Å². The van der Waals surface area contributed by atoms with Gasteiger partial charge in [0.25, 0.3) is 0 Å².